The number of fused-ring (bicyclic) bond motifs is 1. The number of amides is 1. The van der Waals surface area contributed by atoms with Gasteiger partial charge in [-0.15, -0.1) is 0 Å². The summed E-state index contributed by atoms with van der Waals surface area (Å²) < 4.78 is 16.3. The molecule has 1 amide bonds. The molecule has 0 saturated carbocycles. The number of ether oxygens (including phenoxy) is 3. The van der Waals surface area contributed by atoms with Crippen LogP contribution in [0.2, 0.25) is 0 Å². The average molecular weight is 391 g/mol. The van der Waals surface area contributed by atoms with Crippen LogP contribution in [0.15, 0.2) is 60.9 Å². The van der Waals surface area contributed by atoms with Gasteiger partial charge in [0.1, 0.15) is 13.2 Å². The van der Waals surface area contributed by atoms with Crippen LogP contribution in [0, 0.1) is 0 Å². The number of methoxy groups -OCH3 is 1. The van der Waals surface area contributed by atoms with Gasteiger partial charge in [0.2, 0.25) is 0 Å². The third-order valence-corrected chi connectivity index (χ3v) is 4.63. The van der Waals surface area contributed by atoms with Crippen LogP contribution in [0.4, 0.5) is 0 Å². The summed E-state index contributed by atoms with van der Waals surface area (Å²) in [4.78, 5) is 20.8. The lowest BCUT2D eigenvalue weighted by atomic mass is 9.98. The minimum Gasteiger partial charge on any atom is -0.486 e. The minimum atomic E-state index is -0.261. The van der Waals surface area contributed by atoms with Crippen molar-refractivity contribution in [3.05, 3.63) is 77.6 Å². The van der Waals surface area contributed by atoms with Gasteiger partial charge in [0.05, 0.1) is 18.7 Å². The molecule has 0 fully saturated rings. The maximum absolute atomic E-state index is 12.8. The highest BCUT2D eigenvalue weighted by Crippen LogP contribution is 2.33. The molecule has 0 spiro atoms. The lowest BCUT2D eigenvalue weighted by molar-refractivity contribution is 0.0935. The minimum absolute atomic E-state index is 0.217. The van der Waals surface area contributed by atoms with Gasteiger partial charge in [0, 0.05) is 12.4 Å². The summed E-state index contributed by atoms with van der Waals surface area (Å²) in [6.45, 7) is 1.04. The van der Waals surface area contributed by atoms with Crippen LogP contribution >= 0.6 is 0 Å². The third-order valence-electron chi connectivity index (χ3n) is 4.63. The van der Waals surface area contributed by atoms with E-state index in [0.29, 0.717) is 36.7 Å². The van der Waals surface area contributed by atoms with Gasteiger partial charge in [0.15, 0.2) is 11.5 Å². The fourth-order valence-electron chi connectivity index (χ4n) is 3.16. The Morgan fingerprint density at radius 3 is 2.52 bits per heavy atom. The summed E-state index contributed by atoms with van der Waals surface area (Å²) in [6.07, 6.45) is 3.53. The Labute approximate surface area is 168 Å². The number of nitrogens with one attached hydrogen (secondary N) is 1. The molecule has 2 aromatic carbocycles. The molecular formula is C22H21N3O4. The first kappa shape index (κ1) is 18.7. The maximum atomic E-state index is 12.8. The maximum Gasteiger partial charge on any atom is 0.316 e. The van der Waals surface area contributed by atoms with Crippen LogP contribution in [-0.2, 0) is 6.42 Å². The van der Waals surface area contributed by atoms with Crippen molar-refractivity contribution in [3.63, 3.8) is 0 Å². The molecule has 29 heavy (non-hydrogen) atoms. The topological polar surface area (TPSA) is 82.6 Å². The SMILES string of the molecule is COc1ncc(C(=O)N[C@H](Cc2ccccc2)c2ccc3c(c2)OCCO3)cn1. The summed E-state index contributed by atoms with van der Waals surface area (Å²) in [5, 5.41) is 3.09. The van der Waals surface area contributed by atoms with Crippen molar-refractivity contribution in [2.75, 3.05) is 20.3 Å². The molecule has 1 aliphatic rings. The first-order valence-corrected chi connectivity index (χ1v) is 9.33. The Bertz CT molecular complexity index is 977. The Hall–Kier alpha value is -3.61. The van der Waals surface area contributed by atoms with E-state index in [1.165, 1.54) is 19.5 Å². The van der Waals surface area contributed by atoms with E-state index in [1.807, 2.05) is 48.5 Å². The monoisotopic (exact) mass is 391 g/mol. The molecule has 1 aromatic heterocycles. The second-order valence-electron chi connectivity index (χ2n) is 6.58. The van der Waals surface area contributed by atoms with Gasteiger partial charge in [-0.25, -0.2) is 9.97 Å². The lowest BCUT2D eigenvalue weighted by Crippen LogP contribution is -2.30. The normalized spacial score (nSPS) is 13.4. The van der Waals surface area contributed by atoms with Gasteiger partial charge >= 0.3 is 6.01 Å². The smallest absolute Gasteiger partial charge is 0.316 e. The molecule has 0 saturated heterocycles. The molecule has 148 valence electrons. The molecular weight excluding hydrogens is 370 g/mol. The second kappa shape index (κ2) is 8.60. The van der Waals surface area contributed by atoms with Gasteiger partial charge in [-0.2, -0.15) is 0 Å². The Kier molecular flexibility index (Phi) is 5.56. The van der Waals surface area contributed by atoms with Crippen LogP contribution in [0.1, 0.15) is 27.5 Å². The Balaban J connectivity index is 1.60. The molecule has 0 unspecified atom stereocenters. The van der Waals surface area contributed by atoms with Crippen LogP contribution in [0.5, 0.6) is 17.5 Å². The number of carbonyl (C=O) groups excluding carboxylic acids is 1. The van der Waals surface area contributed by atoms with Crippen LogP contribution in [-0.4, -0.2) is 36.2 Å². The standard InChI is InChI=1S/C22H21N3O4/c1-27-22-23-13-17(14-24-22)21(26)25-18(11-15-5-3-2-4-6-15)16-7-8-19-20(12-16)29-10-9-28-19/h2-8,12-14,18H,9-11H2,1H3,(H,25,26)/t18-/m1/s1. The van der Waals surface area contributed by atoms with Gasteiger partial charge in [0.25, 0.3) is 5.91 Å². The summed E-state index contributed by atoms with van der Waals surface area (Å²) in [6, 6.07) is 15.7. The van der Waals surface area contributed by atoms with Crippen LogP contribution < -0.4 is 19.5 Å². The van der Waals surface area contributed by atoms with E-state index < -0.39 is 0 Å². The van der Waals surface area contributed by atoms with Crippen molar-refractivity contribution in [1.82, 2.24) is 15.3 Å². The number of nitrogens with zero attached hydrogens (tertiary/aromatic N) is 2. The number of hydrogen-bond acceptors (Lipinski definition) is 6. The highest BCUT2D eigenvalue weighted by Gasteiger charge is 2.20. The number of benzene rings is 2. The van der Waals surface area contributed by atoms with Crippen molar-refractivity contribution < 1.29 is 19.0 Å². The summed E-state index contributed by atoms with van der Waals surface area (Å²) in [5.74, 6) is 1.14. The third kappa shape index (κ3) is 4.45. The molecule has 2 heterocycles. The number of carbonyl (C=O) groups is 1. The van der Waals surface area contributed by atoms with Gasteiger partial charge in [-0.3, -0.25) is 4.79 Å². The number of aromatic nitrogens is 2. The molecule has 0 bridgehead atoms. The Morgan fingerprint density at radius 2 is 1.79 bits per heavy atom. The number of hydrogen-bond donors (Lipinski definition) is 1. The van der Waals surface area contributed by atoms with Gasteiger partial charge in [-0.05, 0) is 29.7 Å². The summed E-state index contributed by atoms with van der Waals surface area (Å²) in [5.41, 5.74) is 2.40. The highest BCUT2D eigenvalue weighted by molar-refractivity contribution is 5.93. The first-order valence-electron chi connectivity index (χ1n) is 9.33. The van der Waals surface area contributed by atoms with Crippen LogP contribution in [0.25, 0.3) is 0 Å². The predicted octanol–water partition coefficient (Wildman–Crippen LogP) is 2.97. The predicted molar refractivity (Wildman–Crippen MR) is 106 cm³/mol. The largest absolute Gasteiger partial charge is 0.486 e. The molecule has 1 atom stereocenters. The molecule has 1 aliphatic heterocycles. The fraction of sp³-hybridized carbons (Fsp3) is 0.227. The van der Waals surface area contributed by atoms with Crippen molar-refractivity contribution in [3.8, 4) is 17.5 Å². The van der Waals surface area contributed by atoms with Crippen molar-refractivity contribution in [1.29, 1.82) is 0 Å². The zero-order chi connectivity index (χ0) is 20.1. The quantitative estimate of drug-likeness (QED) is 0.696. The van der Waals surface area contributed by atoms with Gasteiger partial charge in [-0.1, -0.05) is 36.4 Å². The molecule has 0 aliphatic carbocycles. The van der Waals surface area contributed by atoms with Crippen molar-refractivity contribution >= 4 is 5.91 Å². The second-order valence-corrected chi connectivity index (χ2v) is 6.58. The molecule has 4 rings (SSSR count). The molecule has 7 heteroatoms. The lowest BCUT2D eigenvalue weighted by Gasteiger charge is -2.23. The van der Waals surface area contributed by atoms with E-state index >= 15 is 0 Å². The van der Waals surface area contributed by atoms with E-state index in [0.717, 1.165) is 11.1 Å². The average Bonchev–Trinajstić information content (AvgIpc) is 2.79. The van der Waals surface area contributed by atoms with Crippen molar-refractivity contribution in [2.45, 2.75) is 12.5 Å². The van der Waals surface area contributed by atoms with Gasteiger partial charge < -0.3 is 19.5 Å². The van der Waals surface area contributed by atoms with Crippen LogP contribution in [0.3, 0.4) is 0 Å². The van der Waals surface area contributed by atoms with E-state index in [4.69, 9.17) is 14.2 Å². The molecule has 1 N–H and O–H groups in total. The van der Waals surface area contributed by atoms with E-state index in [1.54, 1.807) is 0 Å². The summed E-state index contributed by atoms with van der Waals surface area (Å²) >= 11 is 0. The highest BCUT2D eigenvalue weighted by atomic mass is 16.6. The number of rotatable bonds is 6. The first-order chi connectivity index (χ1) is 14.2. The summed E-state index contributed by atoms with van der Waals surface area (Å²) in [7, 11) is 1.48. The van der Waals surface area contributed by atoms with Crippen molar-refractivity contribution in [2.24, 2.45) is 0 Å². The van der Waals surface area contributed by atoms with E-state index in [9.17, 15) is 4.79 Å². The Morgan fingerprint density at radius 1 is 1.07 bits per heavy atom. The van der Waals surface area contributed by atoms with E-state index in [2.05, 4.69) is 15.3 Å². The molecule has 3 aromatic rings. The van der Waals surface area contributed by atoms with E-state index in [-0.39, 0.29) is 18.0 Å². The zero-order valence-electron chi connectivity index (χ0n) is 16.0. The zero-order valence-corrected chi connectivity index (χ0v) is 16.0. The molecule has 7 nitrogen and oxygen atoms in total. The fourth-order valence-corrected chi connectivity index (χ4v) is 3.16. The molecule has 0 radical (unpaired) electrons.